The van der Waals surface area contributed by atoms with Crippen LogP contribution in [0.2, 0.25) is 5.02 Å². The van der Waals surface area contributed by atoms with Crippen LogP contribution in [-0.4, -0.2) is 22.7 Å². The number of carbonyl (C=O) groups excluding carboxylic acids is 1. The zero-order chi connectivity index (χ0) is 19.3. The number of aromatic nitrogens is 2. The zero-order valence-corrected chi connectivity index (χ0v) is 16.1. The van der Waals surface area contributed by atoms with E-state index in [1.807, 2.05) is 48.5 Å². The van der Waals surface area contributed by atoms with Crippen LogP contribution in [0.25, 0.3) is 11.4 Å². The number of amides is 2. The lowest BCUT2D eigenvalue weighted by Crippen LogP contribution is -2.30. The molecular formula is C21H21ClN4O2. The molecule has 144 valence electrons. The second kappa shape index (κ2) is 8.44. The first kappa shape index (κ1) is 18.5. The molecule has 2 aromatic carbocycles. The predicted octanol–water partition coefficient (Wildman–Crippen LogP) is 5.02. The number of urea groups is 1. The van der Waals surface area contributed by atoms with E-state index in [2.05, 4.69) is 20.8 Å². The van der Waals surface area contributed by atoms with E-state index in [4.69, 9.17) is 16.1 Å². The molecule has 0 bridgehead atoms. The Kier molecular flexibility index (Phi) is 5.58. The first-order chi connectivity index (χ1) is 13.7. The highest BCUT2D eigenvalue weighted by molar-refractivity contribution is 6.30. The van der Waals surface area contributed by atoms with E-state index in [0.717, 1.165) is 36.3 Å². The van der Waals surface area contributed by atoms with Crippen molar-refractivity contribution in [1.82, 2.24) is 15.5 Å². The van der Waals surface area contributed by atoms with E-state index in [1.54, 1.807) is 0 Å². The summed E-state index contributed by atoms with van der Waals surface area (Å²) in [6.45, 7) is 0.540. The summed E-state index contributed by atoms with van der Waals surface area (Å²) >= 11 is 5.87. The maximum absolute atomic E-state index is 12.0. The third-order valence-electron chi connectivity index (χ3n) is 4.91. The van der Waals surface area contributed by atoms with Crippen LogP contribution in [0.1, 0.15) is 36.6 Å². The molecule has 4 rings (SSSR count). The molecule has 1 aromatic heterocycles. The van der Waals surface area contributed by atoms with Gasteiger partial charge in [-0.05, 0) is 61.2 Å². The highest BCUT2D eigenvalue weighted by Gasteiger charge is 2.25. The van der Waals surface area contributed by atoms with Crippen LogP contribution < -0.4 is 10.6 Å². The number of nitrogens with zero attached hydrogens (tertiary/aromatic N) is 2. The van der Waals surface area contributed by atoms with Crippen LogP contribution in [-0.2, 0) is 6.42 Å². The van der Waals surface area contributed by atoms with Gasteiger partial charge in [0.2, 0.25) is 11.7 Å². The number of hydrogen-bond donors (Lipinski definition) is 2. The maximum atomic E-state index is 12.0. The largest absolute Gasteiger partial charge is 0.339 e. The average Bonchev–Trinajstić information content (AvgIpc) is 3.12. The molecule has 6 nitrogen and oxygen atoms in total. The number of rotatable bonds is 6. The van der Waals surface area contributed by atoms with Crippen LogP contribution in [0, 0.1) is 0 Å². The molecule has 3 aromatic rings. The second-order valence-electron chi connectivity index (χ2n) is 6.92. The molecule has 1 saturated carbocycles. The summed E-state index contributed by atoms with van der Waals surface area (Å²) in [5, 5.41) is 10.4. The van der Waals surface area contributed by atoms with Crippen molar-refractivity contribution in [3.8, 4) is 11.4 Å². The van der Waals surface area contributed by atoms with E-state index in [0.29, 0.717) is 29.0 Å². The molecule has 0 spiro atoms. The van der Waals surface area contributed by atoms with Crippen molar-refractivity contribution in [3.63, 3.8) is 0 Å². The molecule has 28 heavy (non-hydrogen) atoms. The monoisotopic (exact) mass is 396 g/mol. The molecule has 0 aliphatic heterocycles. The summed E-state index contributed by atoms with van der Waals surface area (Å²) in [5.41, 5.74) is 2.69. The molecule has 0 saturated heterocycles. The van der Waals surface area contributed by atoms with Crippen LogP contribution in [0.4, 0.5) is 10.5 Å². The molecule has 1 heterocycles. The number of benzene rings is 2. The third kappa shape index (κ3) is 4.51. The molecule has 7 heteroatoms. The SMILES string of the molecule is O=C(NCCc1ccc(Cl)cc1)Nc1ccc(-c2noc(C3CCC3)n2)cc1. The first-order valence-corrected chi connectivity index (χ1v) is 9.78. The Morgan fingerprint density at radius 2 is 1.86 bits per heavy atom. The molecule has 1 fully saturated rings. The van der Waals surface area contributed by atoms with E-state index in [-0.39, 0.29) is 6.03 Å². The van der Waals surface area contributed by atoms with E-state index in [1.165, 1.54) is 6.42 Å². The lowest BCUT2D eigenvalue weighted by Gasteiger charge is -2.20. The van der Waals surface area contributed by atoms with Gasteiger partial charge in [-0.15, -0.1) is 0 Å². The van der Waals surface area contributed by atoms with Crippen LogP contribution >= 0.6 is 11.6 Å². The van der Waals surface area contributed by atoms with Gasteiger partial charge in [0.25, 0.3) is 0 Å². The Labute approximate surface area is 168 Å². The Morgan fingerprint density at radius 1 is 1.11 bits per heavy atom. The molecule has 0 atom stereocenters. The number of halogens is 1. The summed E-state index contributed by atoms with van der Waals surface area (Å²) in [6.07, 6.45) is 4.21. The maximum Gasteiger partial charge on any atom is 0.319 e. The van der Waals surface area contributed by atoms with Gasteiger partial charge in [-0.2, -0.15) is 4.98 Å². The summed E-state index contributed by atoms with van der Waals surface area (Å²) in [4.78, 5) is 16.5. The molecular weight excluding hydrogens is 376 g/mol. The fourth-order valence-electron chi connectivity index (χ4n) is 3.02. The normalized spacial score (nSPS) is 13.8. The number of anilines is 1. The number of hydrogen-bond acceptors (Lipinski definition) is 4. The summed E-state index contributed by atoms with van der Waals surface area (Å²) in [7, 11) is 0. The van der Waals surface area contributed by atoms with Crippen molar-refractivity contribution < 1.29 is 9.32 Å². The fraction of sp³-hybridized carbons (Fsp3) is 0.286. The van der Waals surface area contributed by atoms with E-state index in [9.17, 15) is 4.79 Å². The van der Waals surface area contributed by atoms with Crippen LogP contribution in [0.3, 0.4) is 0 Å². The van der Waals surface area contributed by atoms with Gasteiger partial charge in [-0.1, -0.05) is 35.3 Å². The molecule has 1 aliphatic rings. The molecule has 0 unspecified atom stereocenters. The summed E-state index contributed by atoms with van der Waals surface area (Å²) in [6, 6.07) is 14.8. The zero-order valence-electron chi connectivity index (χ0n) is 15.3. The quantitative estimate of drug-likeness (QED) is 0.612. The van der Waals surface area contributed by atoms with E-state index < -0.39 is 0 Å². The van der Waals surface area contributed by atoms with Crippen molar-refractivity contribution >= 4 is 23.3 Å². The number of carbonyl (C=O) groups is 1. The minimum absolute atomic E-state index is 0.242. The van der Waals surface area contributed by atoms with Gasteiger partial charge in [-0.25, -0.2) is 4.79 Å². The van der Waals surface area contributed by atoms with Crippen molar-refractivity contribution in [1.29, 1.82) is 0 Å². The van der Waals surface area contributed by atoms with Crippen molar-refractivity contribution in [3.05, 3.63) is 65.0 Å². The second-order valence-corrected chi connectivity index (χ2v) is 7.36. The van der Waals surface area contributed by atoms with E-state index >= 15 is 0 Å². The standard InChI is InChI=1S/C21H21ClN4O2/c22-17-8-4-14(5-9-17)12-13-23-21(27)24-18-10-6-15(7-11-18)19-25-20(28-26-19)16-2-1-3-16/h4-11,16H,1-3,12-13H2,(H2,23,24,27). The smallest absolute Gasteiger partial charge is 0.319 e. The molecule has 0 radical (unpaired) electrons. The Hall–Kier alpha value is -2.86. The summed E-state index contributed by atoms with van der Waals surface area (Å²) in [5.74, 6) is 1.73. The van der Waals surface area contributed by atoms with Crippen LogP contribution in [0.15, 0.2) is 53.1 Å². The van der Waals surface area contributed by atoms with Gasteiger partial charge in [0.05, 0.1) is 0 Å². The van der Waals surface area contributed by atoms with Crippen molar-refractivity contribution in [2.75, 3.05) is 11.9 Å². The van der Waals surface area contributed by atoms with Gasteiger partial charge >= 0.3 is 6.03 Å². The van der Waals surface area contributed by atoms with Gasteiger partial charge < -0.3 is 15.2 Å². The number of nitrogens with one attached hydrogen (secondary N) is 2. The molecule has 2 N–H and O–H groups in total. The lowest BCUT2D eigenvalue weighted by molar-refractivity contribution is 0.252. The minimum Gasteiger partial charge on any atom is -0.339 e. The highest BCUT2D eigenvalue weighted by atomic mass is 35.5. The molecule has 2 amide bonds. The minimum atomic E-state index is -0.242. The predicted molar refractivity (Wildman–Crippen MR) is 109 cm³/mol. The van der Waals surface area contributed by atoms with Gasteiger partial charge in [0, 0.05) is 28.7 Å². The lowest BCUT2D eigenvalue weighted by atomic mass is 9.85. The topological polar surface area (TPSA) is 80.0 Å². The first-order valence-electron chi connectivity index (χ1n) is 9.41. The van der Waals surface area contributed by atoms with Gasteiger partial charge in [-0.3, -0.25) is 0 Å². The van der Waals surface area contributed by atoms with Crippen LogP contribution in [0.5, 0.6) is 0 Å². The Morgan fingerprint density at radius 3 is 2.54 bits per heavy atom. The van der Waals surface area contributed by atoms with Gasteiger partial charge in [0.1, 0.15) is 0 Å². The Balaban J connectivity index is 1.27. The summed E-state index contributed by atoms with van der Waals surface area (Å²) < 4.78 is 5.36. The van der Waals surface area contributed by atoms with Crippen molar-refractivity contribution in [2.45, 2.75) is 31.6 Å². The third-order valence-corrected chi connectivity index (χ3v) is 5.16. The van der Waals surface area contributed by atoms with Gasteiger partial charge in [0.15, 0.2) is 0 Å². The average molecular weight is 397 g/mol. The fourth-order valence-corrected chi connectivity index (χ4v) is 3.15. The highest BCUT2D eigenvalue weighted by Crippen LogP contribution is 2.36. The Bertz CT molecular complexity index is 934. The van der Waals surface area contributed by atoms with Crippen molar-refractivity contribution in [2.24, 2.45) is 0 Å². The molecule has 1 aliphatic carbocycles.